The molecule has 0 atom stereocenters. The zero-order valence-electron chi connectivity index (χ0n) is 7.99. The second-order valence-electron chi connectivity index (χ2n) is 3.91. The standard InChI is InChI=1S/C13H8S2/c1-2-4-10-8(3-1)5-9-6-14-13-12(9)11(10)7-15-13/h1-4,6-7H,5H2. The molecule has 0 aliphatic heterocycles. The fraction of sp³-hybridized carbons (Fsp3) is 0.0769. The molecule has 0 amide bonds. The number of thiophene rings is 2. The molecular weight excluding hydrogens is 220 g/mol. The normalized spacial score (nSPS) is 13.1. The molecule has 1 aliphatic carbocycles. The predicted octanol–water partition coefficient (Wildman–Crippen LogP) is 4.53. The minimum atomic E-state index is 1.11. The topological polar surface area (TPSA) is 0 Å². The van der Waals surface area contributed by atoms with Crippen LogP contribution in [0.1, 0.15) is 11.1 Å². The minimum Gasteiger partial charge on any atom is -0.132 e. The van der Waals surface area contributed by atoms with Crippen LogP contribution >= 0.6 is 22.7 Å². The van der Waals surface area contributed by atoms with Crippen molar-refractivity contribution in [3.05, 3.63) is 46.2 Å². The van der Waals surface area contributed by atoms with Gasteiger partial charge in [-0.1, -0.05) is 24.3 Å². The van der Waals surface area contributed by atoms with Gasteiger partial charge in [-0.15, -0.1) is 22.7 Å². The summed E-state index contributed by atoms with van der Waals surface area (Å²) in [6.07, 6.45) is 1.11. The zero-order chi connectivity index (χ0) is 9.83. The largest absolute Gasteiger partial charge is 0.132 e. The van der Waals surface area contributed by atoms with Crippen molar-refractivity contribution >= 4 is 32.1 Å². The van der Waals surface area contributed by atoms with E-state index in [1.54, 1.807) is 0 Å². The second kappa shape index (κ2) is 2.71. The molecule has 0 N–H and O–H groups in total. The average molecular weight is 228 g/mol. The lowest BCUT2D eigenvalue weighted by molar-refractivity contribution is 1.21. The molecule has 2 aromatic heterocycles. The monoisotopic (exact) mass is 228 g/mol. The van der Waals surface area contributed by atoms with Gasteiger partial charge in [0.05, 0.1) is 4.01 Å². The molecule has 72 valence electrons. The van der Waals surface area contributed by atoms with Gasteiger partial charge in [0.25, 0.3) is 0 Å². The Morgan fingerprint density at radius 3 is 2.73 bits per heavy atom. The lowest BCUT2D eigenvalue weighted by atomic mass is 9.89. The molecule has 0 saturated carbocycles. The van der Waals surface area contributed by atoms with Crippen molar-refractivity contribution < 1.29 is 0 Å². The molecule has 2 heterocycles. The summed E-state index contributed by atoms with van der Waals surface area (Å²) in [6.45, 7) is 0. The number of fused-ring (bicyclic) bond motifs is 2. The Bertz CT molecular complexity index is 658. The van der Waals surface area contributed by atoms with Crippen LogP contribution in [-0.2, 0) is 6.42 Å². The van der Waals surface area contributed by atoms with E-state index in [0.717, 1.165) is 6.42 Å². The van der Waals surface area contributed by atoms with Crippen LogP contribution in [0.15, 0.2) is 35.0 Å². The van der Waals surface area contributed by atoms with E-state index in [0.29, 0.717) is 0 Å². The zero-order valence-corrected chi connectivity index (χ0v) is 9.62. The van der Waals surface area contributed by atoms with Crippen molar-refractivity contribution in [3.8, 4) is 11.1 Å². The Balaban J connectivity index is 2.21. The summed E-state index contributed by atoms with van der Waals surface area (Å²) in [4.78, 5) is 0. The number of rotatable bonds is 0. The first kappa shape index (κ1) is 8.08. The minimum absolute atomic E-state index is 1.11. The summed E-state index contributed by atoms with van der Waals surface area (Å²) in [5.74, 6) is 0. The van der Waals surface area contributed by atoms with Crippen LogP contribution in [0.5, 0.6) is 0 Å². The molecule has 2 heteroatoms. The molecule has 15 heavy (non-hydrogen) atoms. The van der Waals surface area contributed by atoms with Gasteiger partial charge < -0.3 is 0 Å². The first-order valence-electron chi connectivity index (χ1n) is 4.99. The summed E-state index contributed by atoms with van der Waals surface area (Å²) < 4.78 is 1.48. The predicted molar refractivity (Wildman–Crippen MR) is 67.9 cm³/mol. The molecule has 1 aliphatic rings. The molecule has 0 spiro atoms. The Morgan fingerprint density at radius 2 is 1.73 bits per heavy atom. The summed E-state index contributed by atoms with van der Waals surface area (Å²) >= 11 is 3.77. The van der Waals surface area contributed by atoms with Crippen molar-refractivity contribution in [2.45, 2.75) is 6.42 Å². The number of benzene rings is 1. The molecule has 0 fully saturated rings. The maximum atomic E-state index is 2.32. The third kappa shape index (κ3) is 0.959. The van der Waals surface area contributed by atoms with E-state index in [1.165, 1.54) is 31.7 Å². The first-order valence-corrected chi connectivity index (χ1v) is 6.75. The fourth-order valence-corrected chi connectivity index (χ4v) is 4.53. The van der Waals surface area contributed by atoms with E-state index < -0.39 is 0 Å². The Kier molecular flexibility index (Phi) is 1.46. The Hall–Kier alpha value is -1.12. The van der Waals surface area contributed by atoms with Crippen LogP contribution in [0.2, 0.25) is 0 Å². The summed E-state index contributed by atoms with van der Waals surface area (Å²) in [5, 5.41) is 6.15. The lowest BCUT2D eigenvalue weighted by Gasteiger charge is -2.13. The van der Waals surface area contributed by atoms with Gasteiger partial charge in [0, 0.05) is 16.3 Å². The molecule has 0 radical (unpaired) electrons. The Labute approximate surface area is 95.8 Å². The van der Waals surface area contributed by atoms with Crippen LogP contribution in [0, 0.1) is 0 Å². The van der Waals surface area contributed by atoms with Crippen molar-refractivity contribution in [1.29, 1.82) is 0 Å². The van der Waals surface area contributed by atoms with Crippen molar-refractivity contribution in [1.82, 2.24) is 0 Å². The van der Waals surface area contributed by atoms with Crippen LogP contribution in [0.4, 0.5) is 0 Å². The molecule has 0 nitrogen and oxygen atoms in total. The van der Waals surface area contributed by atoms with Gasteiger partial charge in [-0.2, -0.15) is 0 Å². The number of hydrogen-bond donors (Lipinski definition) is 0. The van der Waals surface area contributed by atoms with Gasteiger partial charge in [0.1, 0.15) is 0 Å². The van der Waals surface area contributed by atoms with Crippen LogP contribution in [0.25, 0.3) is 20.5 Å². The molecule has 0 saturated heterocycles. The van der Waals surface area contributed by atoms with Gasteiger partial charge in [-0.25, -0.2) is 0 Å². The smallest absolute Gasteiger partial charge is 0.0874 e. The van der Waals surface area contributed by atoms with Crippen molar-refractivity contribution in [3.63, 3.8) is 0 Å². The van der Waals surface area contributed by atoms with E-state index in [2.05, 4.69) is 35.0 Å². The molecule has 0 bridgehead atoms. The van der Waals surface area contributed by atoms with Crippen LogP contribution < -0.4 is 0 Å². The average Bonchev–Trinajstić information content (AvgIpc) is 2.86. The van der Waals surface area contributed by atoms with Crippen molar-refractivity contribution in [2.24, 2.45) is 0 Å². The number of hydrogen-bond acceptors (Lipinski definition) is 2. The SMILES string of the molecule is c1ccc2c(c1)Cc1csc3scc-2c13. The van der Waals surface area contributed by atoms with Gasteiger partial charge in [-0.3, -0.25) is 0 Å². The summed E-state index contributed by atoms with van der Waals surface area (Å²) in [5.41, 5.74) is 5.89. The van der Waals surface area contributed by atoms with Gasteiger partial charge in [0.2, 0.25) is 0 Å². The van der Waals surface area contributed by atoms with E-state index in [4.69, 9.17) is 0 Å². The second-order valence-corrected chi connectivity index (χ2v) is 5.92. The van der Waals surface area contributed by atoms with Crippen LogP contribution in [-0.4, -0.2) is 0 Å². The third-order valence-corrected chi connectivity index (χ3v) is 5.24. The summed E-state index contributed by atoms with van der Waals surface area (Å²) in [7, 11) is 0. The Morgan fingerprint density at radius 1 is 0.867 bits per heavy atom. The molecule has 3 aromatic rings. The van der Waals surface area contributed by atoms with Gasteiger partial charge in [0.15, 0.2) is 0 Å². The fourth-order valence-electron chi connectivity index (χ4n) is 2.39. The maximum Gasteiger partial charge on any atom is 0.0874 e. The highest BCUT2D eigenvalue weighted by molar-refractivity contribution is 7.37. The van der Waals surface area contributed by atoms with Gasteiger partial charge in [-0.05, 0) is 28.5 Å². The maximum absolute atomic E-state index is 2.32. The molecular formula is C13H8S2. The highest BCUT2D eigenvalue weighted by Crippen LogP contribution is 2.45. The van der Waals surface area contributed by atoms with E-state index >= 15 is 0 Å². The lowest BCUT2D eigenvalue weighted by Crippen LogP contribution is -1.95. The van der Waals surface area contributed by atoms with E-state index in [1.807, 2.05) is 22.7 Å². The third-order valence-electron chi connectivity index (χ3n) is 3.08. The first-order chi connectivity index (χ1) is 7.43. The van der Waals surface area contributed by atoms with Crippen LogP contribution in [0.3, 0.4) is 0 Å². The molecule has 0 unspecified atom stereocenters. The van der Waals surface area contributed by atoms with E-state index in [9.17, 15) is 0 Å². The van der Waals surface area contributed by atoms with Gasteiger partial charge >= 0.3 is 0 Å². The highest BCUT2D eigenvalue weighted by atomic mass is 32.2. The highest BCUT2D eigenvalue weighted by Gasteiger charge is 2.20. The molecule has 4 rings (SSSR count). The quantitative estimate of drug-likeness (QED) is 0.414. The molecule has 1 aromatic carbocycles. The van der Waals surface area contributed by atoms with Crippen molar-refractivity contribution in [2.75, 3.05) is 0 Å². The summed E-state index contributed by atoms with van der Waals surface area (Å²) in [6, 6.07) is 8.77. The van der Waals surface area contributed by atoms with E-state index in [-0.39, 0.29) is 0 Å².